The minimum atomic E-state index is -1.74. The SMILES string of the molecule is CO/N=C(\CO[Si](C)(C)C)[C@H]1CC[C@H]2[C@@H]3CC[C@H]4C/C(=N/OC)CC[C@]4(C)[C@H]3[C@@H](O[Si](C)(C)C)C[C@]12C. The topological polar surface area (TPSA) is 61.6 Å². The van der Waals surface area contributed by atoms with Crippen LogP contribution in [0.25, 0.3) is 0 Å². The molecular formula is C29H54N2O4Si2. The Hall–Kier alpha value is -0.706. The van der Waals surface area contributed by atoms with Crippen molar-refractivity contribution in [1.29, 1.82) is 0 Å². The first-order valence-electron chi connectivity index (χ1n) is 14.7. The number of fused-ring (bicyclic) bond motifs is 5. The van der Waals surface area contributed by atoms with Crippen LogP contribution in [0.3, 0.4) is 0 Å². The summed E-state index contributed by atoms with van der Waals surface area (Å²) >= 11 is 0. The van der Waals surface area contributed by atoms with E-state index in [1.807, 2.05) is 0 Å². The highest BCUT2D eigenvalue weighted by Gasteiger charge is 2.64. The molecule has 0 unspecified atom stereocenters. The molecule has 0 saturated heterocycles. The second-order valence-electron chi connectivity index (χ2n) is 14.9. The maximum Gasteiger partial charge on any atom is 0.184 e. The highest BCUT2D eigenvalue weighted by atomic mass is 28.4. The molecule has 0 aromatic rings. The molecule has 8 atom stereocenters. The van der Waals surface area contributed by atoms with Gasteiger partial charge in [0.25, 0.3) is 0 Å². The summed E-state index contributed by atoms with van der Waals surface area (Å²) in [5.74, 6) is 3.14. The van der Waals surface area contributed by atoms with Gasteiger partial charge in [0.15, 0.2) is 16.6 Å². The number of hydrogen-bond donors (Lipinski definition) is 0. The van der Waals surface area contributed by atoms with E-state index in [1.165, 1.54) is 37.8 Å². The predicted octanol–water partition coefficient (Wildman–Crippen LogP) is 7.33. The van der Waals surface area contributed by atoms with E-state index in [4.69, 9.17) is 18.5 Å². The third kappa shape index (κ3) is 5.92. The quantitative estimate of drug-likeness (QED) is 0.180. The van der Waals surface area contributed by atoms with Gasteiger partial charge in [-0.25, -0.2) is 0 Å². The zero-order valence-electron chi connectivity index (χ0n) is 25.4. The predicted molar refractivity (Wildman–Crippen MR) is 157 cm³/mol. The van der Waals surface area contributed by atoms with Gasteiger partial charge >= 0.3 is 0 Å². The van der Waals surface area contributed by atoms with Gasteiger partial charge in [-0.2, -0.15) is 0 Å². The van der Waals surface area contributed by atoms with Crippen LogP contribution in [0.2, 0.25) is 39.3 Å². The number of hydrogen-bond acceptors (Lipinski definition) is 6. The summed E-state index contributed by atoms with van der Waals surface area (Å²) in [6.07, 6.45) is 9.89. The Morgan fingerprint density at radius 1 is 0.919 bits per heavy atom. The molecule has 8 heteroatoms. The zero-order valence-corrected chi connectivity index (χ0v) is 27.4. The summed E-state index contributed by atoms with van der Waals surface area (Å²) in [7, 11) is -0.0237. The molecule has 0 heterocycles. The second kappa shape index (κ2) is 10.7. The molecule has 6 nitrogen and oxygen atoms in total. The highest BCUT2D eigenvalue weighted by molar-refractivity contribution is 6.70. The first kappa shape index (κ1) is 29.3. The van der Waals surface area contributed by atoms with Gasteiger partial charge in [-0.1, -0.05) is 24.2 Å². The van der Waals surface area contributed by atoms with Crippen LogP contribution in [0, 0.1) is 40.4 Å². The Bertz CT molecular complexity index is 882. The average Bonchev–Trinajstić information content (AvgIpc) is 3.11. The van der Waals surface area contributed by atoms with Crippen LogP contribution in [0.15, 0.2) is 10.3 Å². The molecular weight excluding hydrogens is 497 g/mol. The fraction of sp³-hybridized carbons (Fsp3) is 0.931. The summed E-state index contributed by atoms with van der Waals surface area (Å²) in [5.41, 5.74) is 2.87. The second-order valence-corrected chi connectivity index (χ2v) is 23.9. The molecule has 0 radical (unpaired) electrons. The van der Waals surface area contributed by atoms with Gasteiger partial charge in [0.2, 0.25) is 0 Å². The summed E-state index contributed by atoms with van der Waals surface area (Å²) in [5, 5.41) is 9.00. The minimum absolute atomic E-state index is 0.173. The molecule has 4 aliphatic rings. The van der Waals surface area contributed by atoms with Crippen molar-refractivity contribution in [3.63, 3.8) is 0 Å². The number of oxime groups is 2. The third-order valence-electron chi connectivity index (χ3n) is 10.4. The molecule has 4 rings (SSSR count). The van der Waals surface area contributed by atoms with Crippen molar-refractivity contribution in [2.24, 2.45) is 50.7 Å². The third-order valence-corrected chi connectivity index (χ3v) is 12.4. The van der Waals surface area contributed by atoms with Gasteiger partial charge in [0.05, 0.1) is 18.0 Å². The van der Waals surface area contributed by atoms with Gasteiger partial charge in [0.1, 0.15) is 14.2 Å². The lowest BCUT2D eigenvalue weighted by Gasteiger charge is -2.63. The van der Waals surface area contributed by atoms with E-state index in [1.54, 1.807) is 14.2 Å². The Balaban J connectivity index is 1.68. The Labute approximate surface area is 228 Å². The van der Waals surface area contributed by atoms with Crippen LogP contribution in [-0.4, -0.2) is 55.0 Å². The van der Waals surface area contributed by atoms with Crippen molar-refractivity contribution in [1.82, 2.24) is 0 Å². The number of nitrogens with zero attached hydrogens (tertiary/aromatic N) is 2. The molecule has 0 aliphatic heterocycles. The molecule has 4 fully saturated rings. The lowest BCUT2D eigenvalue weighted by atomic mass is 9.44. The smallest absolute Gasteiger partial charge is 0.184 e. The first-order valence-corrected chi connectivity index (χ1v) is 21.5. The Morgan fingerprint density at radius 2 is 1.65 bits per heavy atom. The Morgan fingerprint density at radius 3 is 2.27 bits per heavy atom. The van der Waals surface area contributed by atoms with Gasteiger partial charge < -0.3 is 18.5 Å². The van der Waals surface area contributed by atoms with Crippen molar-refractivity contribution in [2.75, 3.05) is 20.8 Å². The van der Waals surface area contributed by atoms with Crippen LogP contribution in [0.5, 0.6) is 0 Å². The average molecular weight is 551 g/mol. The molecule has 0 N–H and O–H groups in total. The van der Waals surface area contributed by atoms with E-state index in [-0.39, 0.29) is 5.41 Å². The molecule has 0 aromatic heterocycles. The minimum Gasteiger partial charge on any atom is -0.414 e. The number of rotatable bonds is 8. The van der Waals surface area contributed by atoms with Gasteiger partial charge in [-0.3, -0.25) is 0 Å². The van der Waals surface area contributed by atoms with Gasteiger partial charge in [0, 0.05) is 12.0 Å². The van der Waals surface area contributed by atoms with Crippen molar-refractivity contribution in [2.45, 2.75) is 111 Å². The lowest BCUT2D eigenvalue weighted by molar-refractivity contribution is -0.153. The summed E-state index contributed by atoms with van der Waals surface area (Å²) < 4.78 is 13.6. The van der Waals surface area contributed by atoms with E-state index in [9.17, 15) is 0 Å². The van der Waals surface area contributed by atoms with E-state index >= 15 is 0 Å². The fourth-order valence-corrected chi connectivity index (χ4v) is 10.8. The zero-order chi connectivity index (χ0) is 27.2. The molecule has 0 spiro atoms. The van der Waals surface area contributed by atoms with E-state index in [2.05, 4.69) is 63.4 Å². The van der Waals surface area contributed by atoms with Crippen LogP contribution >= 0.6 is 0 Å². The summed E-state index contributed by atoms with van der Waals surface area (Å²) in [6.45, 7) is 19.6. The van der Waals surface area contributed by atoms with Crippen molar-refractivity contribution in [3.05, 3.63) is 0 Å². The molecule has 0 bridgehead atoms. The maximum absolute atomic E-state index is 7.20. The van der Waals surface area contributed by atoms with Crippen LogP contribution in [-0.2, 0) is 18.5 Å². The first-order chi connectivity index (χ1) is 17.2. The lowest BCUT2D eigenvalue weighted by Crippen LogP contribution is -2.61. The van der Waals surface area contributed by atoms with E-state index in [0.29, 0.717) is 47.7 Å². The largest absolute Gasteiger partial charge is 0.414 e. The summed E-state index contributed by atoms with van der Waals surface area (Å²) in [6, 6.07) is 0. The van der Waals surface area contributed by atoms with E-state index < -0.39 is 16.6 Å². The molecule has 37 heavy (non-hydrogen) atoms. The molecule has 0 aromatic carbocycles. The maximum atomic E-state index is 7.20. The van der Waals surface area contributed by atoms with Crippen LogP contribution < -0.4 is 0 Å². The van der Waals surface area contributed by atoms with Crippen molar-refractivity contribution < 1.29 is 18.5 Å². The molecule has 4 aliphatic carbocycles. The molecule has 4 saturated carbocycles. The van der Waals surface area contributed by atoms with Gasteiger partial charge in [-0.05, 0) is 125 Å². The fourth-order valence-electron chi connectivity index (χ4n) is 9.07. The monoisotopic (exact) mass is 550 g/mol. The molecule has 0 amide bonds. The summed E-state index contributed by atoms with van der Waals surface area (Å²) in [4.78, 5) is 10.6. The van der Waals surface area contributed by atoms with Crippen molar-refractivity contribution >= 4 is 28.1 Å². The normalized spacial score (nSPS) is 41.7. The Kier molecular flexibility index (Phi) is 8.46. The highest BCUT2D eigenvalue weighted by Crippen LogP contribution is 2.68. The van der Waals surface area contributed by atoms with Gasteiger partial charge in [-0.15, -0.1) is 0 Å². The van der Waals surface area contributed by atoms with Crippen LogP contribution in [0.4, 0.5) is 0 Å². The van der Waals surface area contributed by atoms with E-state index in [0.717, 1.165) is 25.0 Å². The van der Waals surface area contributed by atoms with Crippen LogP contribution in [0.1, 0.15) is 65.2 Å². The standard InChI is InChI=1S/C29H54N2O4Si2/c1-28-16-15-21(30-32-3)17-20(28)11-12-22-23-13-14-24(25(31-33-4)19-34-36(5,6)7)29(23,2)18-26(27(22)28)35-37(8,9)10/h20,22-24,26-27H,11-19H2,1-10H3/b30-21+,31-25+/t20-,22-,23-,24+,26-,27+,28-,29-/m0/s1. The molecule has 212 valence electrons. The van der Waals surface area contributed by atoms with Crippen molar-refractivity contribution in [3.8, 4) is 0 Å².